The van der Waals surface area contributed by atoms with Crippen LogP contribution in [0.3, 0.4) is 0 Å². The van der Waals surface area contributed by atoms with Gasteiger partial charge < -0.3 is 9.72 Å². The van der Waals surface area contributed by atoms with Gasteiger partial charge in [-0.2, -0.15) is 0 Å². The Kier molecular flexibility index (Phi) is 0.799. The van der Waals surface area contributed by atoms with E-state index in [9.17, 15) is 0 Å². The molecule has 0 aliphatic rings. The molecular formula is C9H9NO. The number of nitrogens with one attached hydrogen (secondary N) is 1. The summed E-state index contributed by atoms with van der Waals surface area (Å²) in [7, 11) is -2.38. The highest BCUT2D eigenvalue weighted by Gasteiger charge is 1.94. The third kappa shape index (κ3) is 0.963. The summed E-state index contributed by atoms with van der Waals surface area (Å²) in [6, 6.07) is 6.97. The molecule has 11 heavy (non-hydrogen) atoms. The Balaban J connectivity index is 2.35. The molecule has 2 aromatic rings. The molecule has 0 amide bonds. The molecule has 1 aromatic heterocycles. The van der Waals surface area contributed by atoms with Crippen LogP contribution in [-0.4, -0.2) is 12.0 Å². The van der Waals surface area contributed by atoms with Crippen LogP contribution in [-0.2, 0) is 0 Å². The summed E-state index contributed by atoms with van der Waals surface area (Å²) in [5, 5.41) is 0.937. The van der Waals surface area contributed by atoms with Gasteiger partial charge in [0.15, 0.2) is 0 Å². The summed E-state index contributed by atoms with van der Waals surface area (Å²) in [6.07, 6.45) is 1.80. The van der Waals surface area contributed by atoms with Crippen molar-refractivity contribution in [3.63, 3.8) is 0 Å². The summed E-state index contributed by atoms with van der Waals surface area (Å²) in [6.45, 7) is 0. The SMILES string of the molecule is [2H]C([2H])([2H])Oc1ccc2[nH]ccc2c1. The molecule has 0 radical (unpaired) electrons. The normalized spacial score (nSPS) is 15.5. The predicted molar refractivity (Wildman–Crippen MR) is 44.9 cm³/mol. The number of aromatic amines is 1. The summed E-state index contributed by atoms with van der Waals surface area (Å²) >= 11 is 0. The first-order valence-electron chi connectivity index (χ1n) is 4.81. The minimum Gasteiger partial charge on any atom is -0.497 e. The first kappa shape index (κ1) is 3.81. The lowest BCUT2D eigenvalue weighted by molar-refractivity contribution is 0.415. The van der Waals surface area contributed by atoms with Crippen molar-refractivity contribution in [3.05, 3.63) is 30.5 Å². The van der Waals surface area contributed by atoms with Crippen LogP contribution in [0.5, 0.6) is 5.75 Å². The maximum Gasteiger partial charge on any atom is 0.119 e. The van der Waals surface area contributed by atoms with E-state index in [4.69, 9.17) is 8.85 Å². The van der Waals surface area contributed by atoms with Gasteiger partial charge in [0.25, 0.3) is 0 Å². The number of hydrogen-bond donors (Lipinski definition) is 1. The van der Waals surface area contributed by atoms with E-state index in [-0.39, 0.29) is 0 Å². The molecule has 0 fully saturated rings. The predicted octanol–water partition coefficient (Wildman–Crippen LogP) is 2.18. The van der Waals surface area contributed by atoms with Crippen molar-refractivity contribution >= 4 is 10.9 Å². The average molecular weight is 150 g/mol. The van der Waals surface area contributed by atoms with Crippen LogP contribution < -0.4 is 4.74 Å². The van der Waals surface area contributed by atoms with Crippen molar-refractivity contribution in [3.8, 4) is 5.75 Å². The number of H-pyrrole nitrogens is 1. The van der Waals surface area contributed by atoms with Gasteiger partial charge in [0.2, 0.25) is 0 Å². The highest BCUT2D eigenvalue weighted by atomic mass is 16.5. The number of benzene rings is 1. The quantitative estimate of drug-likeness (QED) is 0.662. The first-order valence-corrected chi connectivity index (χ1v) is 3.31. The Morgan fingerprint density at radius 3 is 3.36 bits per heavy atom. The second-order valence-electron chi connectivity index (χ2n) is 2.33. The zero-order valence-electron chi connectivity index (χ0n) is 8.79. The number of methoxy groups -OCH3 is 1. The van der Waals surface area contributed by atoms with E-state index in [1.54, 1.807) is 24.4 Å². The molecule has 0 aliphatic carbocycles. The van der Waals surface area contributed by atoms with Gasteiger partial charge in [0.05, 0.1) is 11.2 Å². The molecule has 1 aromatic carbocycles. The Morgan fingerprint density at radius 1 is 1.45 bits per heavy atom. The second kappa shape index (κ2) is 2.31. The van der Waals surface area contributed by atoms with Gasteiger partial charge in [0.1, 0.15) is 5.75 Å². The van der Waals surface area contributed by atoms with Gasteiger partial charge in [-0.1, -0.05) is 0 Å². The fourth-order valence-corrected chi connectivity index (χ4v) is 1.09. The van der Waals surface area contributed by atoms with E-state index >= 15 is 0 Å². The van der Waals surface area contributed by atoms with E-state index in [2.05, 4.69) is 4.98 Å². The monoisotopic (exact) mass is 150 g/mol. The zero-order chi connectivity index (χ0) is 10.2. The molecule has 0 saturated carbocycles. The molecule has 0 atom stereocenters. The lowest BCUT2D eigenvalue weighted by atomic mass is 10.2. The van der Waals surface area contributed by atoms with E-state index < -0.39 is 7.04 Å². The first-order chi connectivity index (χ1) is 6.54. The van der Waals surface area contributed by atoms with Crippen LogP contribution >= 0.6 is 0 Å². The van der Waals surface area contributed by atoms with Crippen molar-refractivity contribution in [1.82, 2.24) is 4.98 Å². The van der Waals surface area contributed by atoms with Crippen LogP contribution in [0.1, 0.15) is 4.11 Å². The Labute approximate surface area is 69.0 Å². The fraction of sp³-hybridized carbons (Fsp3) is 0.111. The third-order valence-corrected chi connectivity index (χ3v) is 1.64. The van der Waals surface area contributed by atoms with Gasteiger partial charge in [-0.05, 0) is 24.3 Å². The van der Waals surface area contributed by atoms with Gasteiger partial charge in [-0.3, -0.25) is 0 Å². The van der Waals surface area contributed by atoms with Gasteiger partial charge >= 0.3 is 0 Å². The molecule has 1 N–H and O–H groups in total. The molecular weight excluding hydrogens is 138 g/mol. The van der Waals surface area contributed by atoms with Crippen molar-refractivity contribution in [2.24, 2.45) is 0 Å². The molecule has 56 valence electrons. The molecule has 0 aliphatic heterocycles. The molecule has 0 unspecified atom stereocenters. The van der Waals surface area contributed by atoms with Crippen molar-refractivity contribution < 1.29 is 8.85 Å². The van der Waals surface area contributed by atoms with E-state index in [1.165, 1.54) is 0 Å². The molecule has 0 bridgehead atoms. The number of rotatable bonds is 1. The lowest BCUT2D eigenvalue weighted by Crippen LogP contribution is -1.80. The van der Waals surface area contributed by atoms with Crippen LogP contribution in [0.25, 0.3) is 10.9 Å². The van der Waals surface area contributed by atoms with Crippen molar-refractivity contribution in [2.75, 3.05) is 7.04 Å². The van der Waals surface area contributed by atoms with Crippen molar-refractivity contribution in [1.29, 1.82) is 0 Å². The van der Waals surface area contributed by atoms with E-state index in [1.807, 2.05) is 6.07 Å². The highest BCUT2D eigenvalue weighted by Crippen LogP contribution is 2.18. The minimum absolute atomic E-state index is 0.358. The van der Waals surface area contributed by atoms with Crippen LogP contribution in [0.4, 0.5) is 0 Å². The van der Waals surface area contributed by atoms with Crippen molar-refractivity contribution in [2.45, 2.75) is 0 Å². The molecule has 0 spiro atoms. The summed E-state index contributed by atoms with van der Waals surface area (Å²) in [5.41, 5.74) is 0.961. The smallest absolute Gasteiger partial charge is 0.119 e. The number of ether oxygens (including phenoxy) is 1. The summed E-state index contributed by atoms with van der Waals surface area (Å²) in [4.78, 5) is 3.01. The Morgan fingerprint density at radius 2 is 2.45 bits per heavy atom. The standard InChI is InChI=1S/C9H9NO/c1-11-8-2-3-9-7(6-8)4-5-10-9/h2-6,10H,1H3/i1D3. The number of fused-ring (bicyclic) bond motifs is 1. The Bertz CT molecular complexity index is 446. The van der Waals surface area contributed by atoms with Gasteiger partial charge in [0, 0.05) is 17.1 Å². The van der Waals surface area contributed by atoms with Gasteiger partial charge in [-0.25, -0.2) is 0 Å². The summed E-state index contributed by atoms with van der Waals surface area (Å²) in [5.74, 6) is 0.358. The molecule has 1 heterocycles. The zero-order valence-corrected chi connectivity index (χ0v) is 5.79. The fourth-order valence-electron chi connectivity index (χ4n) is 1.09. The maximum atomic E-state index is 6.94. The van der Waals surface area contributed by atoms with Crippen LogP contribution in [0.15, 0.2) is 30.5 Å². The third-order valence-electron chi connectivity index (χ3n) is 1.64. The topological polar surface area (TPSA) is 25.0 Å². The second-order valence-corrected chi connectivity index (χ2v) is 2.33. The number of hydrogen-bond acceptors (Lipinski definition) is 1. The van der Waals surface area contributed by atoms with Crippen LogP contribution in [0, 0.1) is 0 Å². The molecule has 2 nitrogen and oxygen atoms in total. The molecule has 0 saturated heterocycles. The summed E-state index contributed by atoms with van der Waals surface area (Å²) < 4.78 is 25.6. The highest BCUT2D eigenvalue weighted by molar-refractivity contribution is 5.80. The minimum atomic E-state index is -2.38. The lowest BCUT2D eigenvalue weighted by Gasteiger charge is -1.97. The van der Waals surface area contributed by atoms with E-state index in [0.29, 0.717) is 5.75 Å². The number of aromatic nitrogens is 1. The molecule has 2 heteroatoms. The largest absolute Gasteiger partial charge is 0.497 e. The van der Waals surface area contributed by atoms with E-state index in [0.717, 1.165) is 10.9 Å². The van der Waals surface area contributed by atoms with Crippen LogP contribution in [0.2, 0.25) is 0 Å². The van der Waals surface area contributed by atoms with Gasteiger partial charge in [-0.15, -0.1) is 0 Å². The molecule has 2 rings (SSSR count). The maximum absolute atomic E-state index is 6.94. The average Bonchev–Trinajstić information content (AvgIpc) is 2.47. The Hall–Kier alpha value is -1.44.